The monoisotopic (exact) mass is 555 g/mol. The first-order valence-corrected chi connectivity index (χ1v) is 12.8. The lowest BCUT2D eigenvalue weighted by molar-refractivity contribution is -0.140. The third-order valence-corrected chi connectivity index (χ3v) is 8.74. The number of anilines is 1. The number of alkyl halides is 3. The van der Waals surface area contributed by atoms with Crippen LogP contribution < -0.4 is 4.31 Å². The van der Waals surface area contributed by atoms with Gasteiger partial charge in [0, 0.05) is 4.70 Å². The van der Waals surface area contributed by atoms with Crippen molar-refractivity contribution in [2.24, 2.45) is 0 Å². The summed E-state index contributed by atoms with van der Waals surface area (Å²) in [5.74, 6) is -2.83. The molecule has 0 saturated carbocycles. The average Bonchev–Trinajstić information content (AvgIpc) is 3.17. The molecular formula is C25H18F5NO4S2. The van der Waals surface area contributed by atoms with Crippen molar-refractivity contribution in [3.8, 4) is 0 Å². The fourth-order valence-electron chi connectivity index (χ4n) is 3.77. The molecule has 0 radical (unpaired) electrons. The van der Waals surface area contributed by atoms with Gasteiger partial charge in [-0.05, 0) is 65.9 Å². The first kappa shape index (κ1) is 26.6. The maximum atomic E-state index is 13.9. The molecule has 0 aliphatic carbocycles. The van der Waals surface area contributed by atoms with Crippen LogP contribution in [0.5, 0.6) is 0 Å². The van der Waals surface area contributed by atoms with Crippen LogP contribution in [-0.2, 0) is 27.5 Å². The van der Waals surface area contributed by atoms with Crippen molar-refractivity contribution in [1.29, 1.82) is 0 Å². The zero-order valence-corrected chi connectivity index (χ0v) is 20.9. The molecule has 0 N–H and O–H groups in total. The van der Waals surface area contributed by atoms with Gasteiger partial charge in [0.05, 0.1) is 29.7 Å². The molecule has 4 rings (SSSR count). The van der Waals surface area contributed by atoms with Gasteiger partial charge in [0.25, 0.3) is 10.0 Å². The van der Waals surface area contributed by atoms with Crippen LogP contribution in [0.3, 0.4) is 0 Å². The third-order valence-electron chi connectivity index (χ3n) is 5.61. The van der Waals surface area contributed by atoms with Gasteiger partial charge in [-0.25, -0.2) is 22.0 Å². The third kappa shape index (κ3) is 5.16. The molecule has 0 aliphatic rings. The Balaban J connectivity index is 1.91. The molecule has 5 nitrogen and oxygen atoms in total. The van der Waals surface area contributed by atoms with Gasteiger partial charge in [0.15, 0.2) is 0 Å². The highest BCUT2D eigenvalue weighted by Crippen LogP contribution is 2.41. The van der Waals surface area contributed by atoms with Gasteiger partial charge in [0.1, 0.15) is 16.6 Å². The number of thiophene rings is 1. The number of ether oxygens (including phenoxy) is 1. The van der Waals surface area contributed by atoms with Crippen LogP contribution >= 0.6 is 11.3 Å². The lowest BCUT2D eigenvalue weighted by atomic mass is 10.1. The average molecular weight is 556 g/mol. The molecule has 12 heteroatoms. The molecule has 0 atom stereocenters. The summed E-state index contributed by atoms with van der Waals surface area (Å²) in [6.45, 7) is 1.01. The Labute approximate surface area is 212 Å². The van der Waals surface area contributed by atoms with Crippen LogP contribution in [-0.4, -0.2) is 21.5 Å². The molecule has 3 aromatic carbocycles. The van der Waals surface area contributed by atoms with Crippen molar-refractivity contribution in [3.63, 3.8) is 0 Å². The molecule has 0 bridgehead atoms. The summed E-state index contributed by atoms with van der Waals surface area (Å²) in [5.41, 5.74) is -1.28. The zero-order valence-electron chi connectivity index (χ0n) is 19.3. The Morgan fingerprint density at radius 3 is 2.43 bits per heavy atom. The normalized spacial score (nSPS) is 12.1. The van der Waals surface area contributed by atoms with Crippen LogP contribution in [0.2, 0.25) is 0 Å². The van der Waals surface area contributed by atoms with Crippen LogP contribution in [0.4, 0.5) is 27.0 Å². The maximum Gasteiger partial charge on any atom is 0.419 e. The van der Waals surface area contributed by atoms with Crippen molar-refractivity contribution in [2.75, 3.05) is 11.4 Å². The highest BCUT2D eigenvalue weighted by atomic mass is 32.2. The Bertz CT molecular complexity index is 1610. The first-order chi connectivity index (χ1) is 17.3. The van der Waals surface area contributed by atoms with Crippen molar-refractivity contribution in [2.45, 2.75) is 24.5 Å². The maximum absolute atomic E-state index is 13.9. The largest absolute Gasteiger partial charge is 0.465 e. The van der Waals surface area contributed by atoms with Gasteiger partial charge in [-0.15, -0.1) is 11.3 Å². The highest BCUT2D eigenvalue weighted by molar-refractivity contribution is 7.93. The number of aryl methyl sites for hydroxylation is 1. The van der Waals surface area contributed by atoms with Crippen LogP contribution in [0.15, 0.2) is 65.6 Å². The van der Waals surface area contributed by atoms with Crippen LogP contribution in [0, 0.1) is 18.6 Å². The summed E-state index contributed by atoms with van der Waals surface area (Å²) in [6, 6.07) is 11.1. The van der Waals surface area contributed by atoms with Crippen molar-refractivity contribution in [1.82, 2.24) is 0 Å². The van der Waals surface area contributed by atoms with Gasteiger partial charge in [0.2, 0.25) is 0 Å². The molecule has 1 aromatic heterocycles. The molecule has 4 aromatic rings. The fraction of sp³-hybridized carbons (Fsp3) is 0.160. The number of fused-ring (bicyclic) bond motifs is 1. The highest BCUT2D eigenvalue weighted by Gasteiger charge is 2.35. The van der Waals surface area contributed by atoms with Crippen LogP contribution in [0.25, 0.3) is 10.1 Å². The van der Waals surface area contributed by atoms with Crippen molar-refractivity contribution in [3.05, 3.63) is 94.6 Å². The molecular weight excluding hydrogens is 537 g/mol. The van der Waals surface area contributed by atoms with Crippen molar-refractivity contribution >= 4 is 42.4 Å². The predicted octanol–water partition coefficient (Wildman–Crippen LogP) is 6.69. The molecule has 194 valence electrons. The second-order valence-corrected chi connectivity index (χ2v) is 10.9. The Morgan fingerprint density at radius 1 is 1.03 bits per heavy atom. The molecule has 0 spiro atoms. The molecule has 0 aliphatic heterocycles. The number of benzene rings is 3. The van der Waals surface area contributed by atoms with Gasteiger partial charge in [-0.3, -0.25) is 4.31 Å². The molecule has 1 heterocycles. The van der Waals surface area contributed by atoms with E-state index in [1.165, 1.54) is 36.4 Å². The summed E-state index contributed by atoms with van der Waals surface area (Å²) in [7, 11) is -3.36. The lowest BCUT2D eigenvalue weighted by Crippen LogP contribution is -2.30. The van der Waals surface area contributed by atoms with E-state index in [1.807, 2.05) is 0 Å². The van der Waals surface area contributed by atoms with Gasteiger partial charge in [-0.2, -0.15) is 13.2 Å². The van der Waals surface area contributed by atoms with E-state index in [4.69, 9.17) is 0 Å². The number of hydrogen-bond acceptors (Lipinski definition) is 5. The first-order valence-electron chi connectivity index (χ1n) is 10.6. The summed E-state index contributed by atoms with van der Waals surface area (Å²) in [5, 5.41) is 0.682. The van der Waals surface area contributed by atoms with Gasteiger partial charge >= 0.3 is 12.1 Å². The molecule has 0 amide bonds. The van der Waals surface area contributed by atoms with E-state index in [2.05, 4.69) is 4.74 Å². The standard InChI is InChI=1S/C25H18F5NO4S2/c1-14-19-8-7-17(26)12-22(19)36-23(14)31(13-15-6-9-21(27)20(10-15)25(28,29)30)37(33,34)18-5-3-4-16(11-18)24(32)35-2/h3-12H,13H2,1-2H3. The second kappa shape index (κ2) is 9.75. The molecule has 0 unspecified atom stereocenters. The number of methoxy groups -OCH3 is 1. The predicted molar refractivity (Wildman–Crippen MR) is 129 cm³/mol. The minimum Gasteiger partial charge on any atom is -0.465 e. The summed E-state index contributed by atoms with van der Waals surface area (Å²) < 4.78 is 101. The molecule has 0 fully saturated rings. The van der Waals surface area contributed by atoms with E-state index in [0.717, 1.165) is 34.9 Å². The summed E-state index contributed by atoms with van der Waals surface area (Å²) in [6.07, 6.45) is -5.00. The lowest BCUT2D eigenvalue weighted by Gasteiger charge is -2.25. The van der Waals surface area contributed by atoms with E-state index in [0.29, 0.717) is 27.8 Å². The zero-order chi connectivity index (χ0) is 27.1. The quantitative estimate of drug-likeness (QED) is 0.197. The SMILES string of the molecule is COC(=O)c1cccc(S(=O)(=O)N(Cc2ccc(F)c(C(F)(F)F)c2)c2sc3cc(F)ccc3c2C)c1. The number of hydrogen-bond donors (Lipinski definition) is 0. The van der Waals surface area contributed by atoms with E-state index in [-0.39, 0.29) is 21.0 Å². The number of esters is 1. The minimum atomic E-state index is -5.00. The van der Waals surface area contributed by atoms with Crippen LogP contribution in [0.1, 0.15) is 27.0 Å². The topological polar surface area (TPSA) is 63.7 Å². The van der Waals surface area contributed by atoms with E-state index in [1.54, 1.807) is 6.92 Å². The smallest absolute Gasteiger partial charge is 0.419 e. The fourth-order valence-corrected chi connectivity index (χ4v) is 6.77. The second-order valence-electron chi connectivity index (χ2n) is 8.02. The molecule has 37 heavy (non-hydrogen) atoms. The van der Waals surface area contributed by atoms with Gasteiger partial charge < -0.3 is 4.74 Å². The van der Waals surface area contributed by atoms with E-state index < -0.39 is 45.9 Å². The summed E-state index contributed by atoms with van der Waals surface area (Å²) in [4.78, 5) is 11.7. The number of rotatable bonds is 6. The Morgan fingerprint density at radius 2 is 1.76 bits per heavy atom. The molecule has 0 saturated heterocycles. The number of carbonyl (C=O) groups is 1. The van der Waals surface area contributed by atoms with Gasteiger partial charge in [-0.1, -0.05) is 18.2 Å². The minimum absolute atomic E-state index is 0.0557. The Kier molecular flexibility index (Phi) is 6.99. The van der Waals surface area contributed by atoms with E-state index in [9.17, 15) is 35.2 Å². The number of halogens is 5. The number of sulfonamides is 1. The number of carbonyl (C=O) groups excluding carboxylic acids is 1. The number of nitrogens with zero attached hydrogens (tertiary/aromatic N) is 1. The van der Waals surface area contributed by atoms with Crippen molar-refractivity contribution < 1.29 is 39.9 Å². The Hall–Kier alpha value is -3.51. The van der Waals surface area contributed by atoms with E-state index >= 15 is 0 Å². The summed E-state index contributed by atoms with van der Waals surface area (Å²) >= 11 is 0.934.